The van der Waals surface area contributed by atoms with E-state index in [4.69, 9.17) is 10.1 Å². The lowest BCUT2D eigenvalue weighted by atomic mass is 10.1. The minimum Gasteiger partial charge on any atom is -0.506 e. The molecule has 1 aromatic carbocycles. The molecule has 2 aromatic heterocycles. The van der Waals surface area contributed by atoms with E-state index in [1.54, 1.807) is 12.1 Å². The summed E-state index contributed by atoms with van der Waals surface area (Å²) in [4.78, 5) is 22.4. The molecular weight excluding hydrogens is 394 g/mol. The number of hydrogen-bond acceptors (Lipinski definition) is 6. The van der Waals surface area contributed by atoms with Crippen molar-refractivity contribution < 1.29 is 15.0 Å². The maximum atomic E-state index is 10.8. The van der Waals surface area contributed by atoms with Gasteiger partial charge < -0.3 is 25.0 Å². The van der Waals surface area contributed by atoms with E-state index in [1.807, 2.05) is 32.0 Å². The predicted octanol–water partition coefficient (Wildman–Crippen LogP) is 3.15. The lowest BCUT2D eigenvalue weighted by molar-refractivity contribution is -0.137. The predicted molar refractivity (Wildman–Crippen MR) is 120 cm³/mol. The molecule has 1 aliphatic rings. The first-order valence-electron chi connectivity index (χ1n) is 10.7. The number of carbonyl (C=O) groups is 1. The molecule has 0 unspecified atom stereocenters. The summed E-state index contributed by atoms with van der Waals surface area (Å²) in [5.41, 5.74) is 4.52. The SMILES string of the molecule is Cc1ccc(O)c(Cn2c(NC3CCN(CCC(=O)O)CC3)nc3c(C)cccc32)n1. The van der Waals surface area contributed by atoms with Crippen molar-refractivity contribution in [3.63, 3.8) is 0 Å². The van der Waals surface area contributed by atoms with Gasteiger partial charge in [-0.05, 0) is 50.5 Å². The Morgan fingerprint density at radius 2 is 1.94 bits per heavy atom. The molecule has 3 N–H and O–H groups in total. The summed E-state index contributed by atoms with van der Waals surface area (Å²) in [7, 11) is 0. The quantitative estimate of drug-likeness (QED) is 0.536. The smallest absolute Gasteiger partial charge is 0.304 e. The van der Waals surface area contributed by atoms with E-state index in [-0.39, 0.29) is 18.2 Å². The maximum Gasteiger partial charge on any atom is 0.304 e. The van der Waals surface area contributed by atoms with Crippen molar-refractivity contribution in [2.45, 2.75) is 45.7 Å². The summed E-state index contributed by atoms with van der Waals surface area (Å²) in [6.07, 6.45) is 2.03. The molecule has 164 valence electrons. The minimum absolute atomic E-state index is 0.179. The van der Waals surface area contributed by atoms with Gasteiger partial charge in [-0.1, -0.05) is 12.1 Å². The number of carboxylic acid groups (broad SMARTS) is 1. The van der Waals surface area contributed by atoms with Gasteiger partial charge in [-0.2, -0.15) is 0 Å². The van der Waals surface area contributed by atoms with Crippen LogP contribution in [0.25, 0.3) is 11.0 Å². The van der Waals surface area contributed by atoms with Crippen molar-refractivity contribution in [1.29, 1.82) is 0 Å². The number of imidazole rings is 1. The summed E-state index contributed by atoms with van der Waals surface area (Å²) in [6.45, 7) is 6.71. The fourth-order valence-electron chi connectivity index (χ4n) is 4.16. The van der Waals surface area contributed by atoms with Crippen molar-refractivity contribution in [2.75, 3.05) is 25.0 Å². The minimum atomic E-state index is -0.752. The summed E-state index contributed by atoms with van der Waals surface area (Å²) >= 11 is 0. The number of pyridine rings is 1. The number of fused-ring (bicyclic) bond motifs is 1. The van der Waals surface area contributed by atoms with Crippen LogP contribution in [0, 0.1) is 13.8 Å². The van der Waals surface area contributed by atoms with Crippen LogP contribution in [0.5, 0.6) is 5.75 Å². The summed E-state index contributed by atoms with van der Waals surface area (Å²) < 4.78 is 2.08. The molecule has 0 saturated carbocycles. The van der Waals surface area contributed by atoms with Crippen LogP contribution in [0.1, 0.15) is 36.2 Å². The zero-order valence-electron chi connectivity index (χ0n) is 18.0. The van der Waals surface area contributed by atoms with E-state index >= 15 is 0 Å². The first kappa shape index (κ1) is 21.1. The lowest BCUT2D eigenvalue weighted by Gasteiger charge is -2.32. The largest absolute Gasteiger partial charge is 0.506 e. The van der Waals surface area contributed by atoms with Crippen molar-refractivity contribution in [3.05, 3.63) is 47.3 Å². The molecular formula is C23H29N5O3. The van der Waals surface area contributed by atoms with Crippen LogP contribution in [0.15, 0.2) is 30.3 Å². The number of rotatable bonds is 7. The van der Waals surface area contributed by atoms with Gasteiger partial charge in [0.2, 0.25) is 5.95 Å². The van der Waals surface area contributed by atoms with Crippen LogP contribution in [-0.2, 0) is 11.3 Å². The van der Waals surface area contributed by atoms with Crippen LogP contribution in [0.2, 0.25) is 0 Å². The molecule has 3 aromatic rings. The van der Waals surface area contributed by atoms with Gasteiger partial charge in [-0.3, -0.25) is 9.78 Å². The van der Waals surface area contributed by atoms with Crippen molar-refractivity contribution in [3.8, 4) is 5.75 Å². The van der Waals surface area contributed by atoms with Crippen LogP contribution >= 0.6 is 0 Å². The molecule has 1 saturated heterocycles. The summed E-state index contributed by atoms with van der Waals surface area (Å²) in [6, 6.07) is 9.85. The molecule has 0 spiro atoms. The Hall–Kier alpha value is -3.13. The number of piperidine rings is 1. The molecule has 1 fully saturated rings. The Balaban J connectivity index is 1.56. The molecule has 1 aliphatic heterocycles. The molecule has 0 amide bonds. The summed E-state index contributed by atoms with van der Waals surface area (Å²) in [5.74, 6) is 0.200. The van der Waals surface area contributed by atoms with Gasteiger partial charge in [-0.15, -0.1) is 0 Å². The number of hydrogen-bond donors (Lipinski definition) is 3. The zero-order chi connectivity index (χ0) is 22.0. The van der Waals surface area contributed by atoms with Gasteiger partial charge >= 0.3 is 5.97 Å². The molecule has 0 bridgehead atoms. The monoisotopic (exact) mass is 423 g/mol. The van der Waals surface area contributed by atoms with Gasteiger partial charge in [0.05, 0.1) is 24.0 Å². The Bertz CT molecular complexity index is 1090. The molecule has 0 aliphatic carbocycles. The van der Waals surface area contributed by atoms with Crippen molar-refractivity contribution in [1.82, 2.24) is 19.4 Å². The second kappa shape index (κ2) is 8.93. The van der Waals surface area contributed by atoms with Crippen molar-refractivity contribution in [2.24, 2.45) is 0 Å². The highest BCUT2D eigenvalue weighted by Gasteiger charge is 2.22. The number of aliphatic carboxylic acids is 1. The molecule has 8 heteroatoms. The van der Waals surface area contributed by atoms with E-state index in [9.17, 15) is 9.90 Å². The Labute approximate surface area is 181 Å². The topological polar surface area (TPSA) is 104 Å². The number of carboxylic acids is 1. The fourth-order valence-corrected chi connectivity index (χ4v) is 4.16. The highest BCUT2D eigenvalue weighted by atomic mass is 16.4. The number of benzene rings is 1. The Morgan fingerprint density at radius 3 is 2.68 bits per heavy atom. The molecule has 0 radical (unpaired) electrons. The molecule has 3 heterocycles. The Kier molecular flexibility index (Phi) is 6.08. The van der Waals surface area contributed by atoms with Gasteiger partial charge in [0, 0.05) is 31.4 Å². The van der Waals surface area contributed by atoms with E-state index in [1.165, 1.54) is 0 Å². The van der Waals surface area contributed by atoms with Crippen LogP contribution in [0.3, 0.4) is 0 Å². The van der Waals surface area contributed by atoms with E-state index in [0.29, 0.717) is 18.8 Å². The van der Waals surface area contributed by atoms with Gasteiger partial charge in [0.15, 0.2) is 0 Å². The third-order valence-corrected chi connectivity index (χ3v) is 5.94. The number of anilines is 1. The van der Waals surface area contributed by atoms with Crippen LogP contribution in [-0.4, -0.2) is 61.3 Å². The standard InChI is InChI=1S/C23H29N5O3/c1-15-4-3-5-19-22(15)26-23(28(19)14-18-20(29)7-6-16(2)24-18)25-17-8-11-27(12-9-17)13-10-21(30)31/h3-7,17,29H,8-14H2,1-2H3,(H,25,26)(H,30,31). The molecule has 4 rings (SSSR count). The van der Waals surface area contributed by atoms with Crippen LogP contribution < -0.4 is 5.32 Å². The summed E-state index contributed by atoms with van der Waals surface area (Å²) in [5, 5.41) is 22.8. The van der Waals surface area contributed by atoms with Gasteiger partial charge in [0.25, 0.3) is 0 Å². The first-order valence-corrected chi connectivity index (χ1v) is 10.7. The zero-order valence-corrected chi connectivity index (χ0v) is 18.0. The van der Waals surface area contributed by atoms with Gasteiger partial charge in [0.1, 0.15) is 11.4 Å². The number of aromatic nitrogens is 3. The number of likely N-dealkylation sites (tertiary alicyclic amines) is 1. The molecule has 8 nitrogen and oxygen atoms in total. The number of para-hydroxylation sites is 1. The van der Waals surface area contributed by atoms with Crippen LogP contribution in [0.4, 0.5) is 5.95 Å². The lowest BCUT2D eigenvalue weighted by Crippen LogP contribution is -2.40. The highest BCUT2D eigenvalue weighted by Crippen LogP contribution is 2.27. The first-order chi connectivity index (χ1) is 14.9. The number of aromatic hydroxyl groups is 1. The Morgan fingerprint density at radius 1 is 1.16 bits per heavy atom. The van der Waals surface area contributed by atoms with E-state index < -0.39 is 5.97 Å². The van der Waals surface area contributed by atoms with Crippen molar-refractivity contribution >= 4 is 23.0 Å². The average Bonchev–Trinajstić information content (AvgIpc) is 3.08. The molecule has 31 heavy (non-hydrogen) atoms. The van der Waals surface area contributed by atoms with Gasteiger partial charge in [-0.25, -0.2) is 4.98 Å². The second-order valence-electron chi connectivity index (χ2n) is 8.29. The second-order valence-corrected chi connectivity index (χ2v) is 8.29. The van der Waals surface area contributed by atoms with E-state index in [2.05, 4.69) is 19.8 Å². The highest BCUT2D eigenvalue weighted by molar-refractivity contribution is 5.82. The molecule has 0 atom stereocenters. The third-order valence-electron chi connectivity index (χ3n) is 5.94. The average molecular weight is 424 g/mol. The van der Waals surface area contributed by atoms with E-state index in [0.717, 1.165) is 54.2 Å². The normalized spacial score (nSPS) is 15.4. The number of aryl methyl sites for hydroxylation is 2. The fraction of sp³-hybridized carbons (Fsp3) is 0.435. The maximum absolute atomic E-state index is 10.8. The number of nitrogens with one attached hydrogen (secondary N) is 1. The third kappa shape index (κ3) is 4.80. The number of nitrogens with zero attached hydrogens (tertiary/aromatic N) is 4.